The van der Waals surface area contributed by atoms with Gasteiger partial charge in [0, 0.05) is 25.2 Å². The molecule has 1 amide bonds. The first-order chi connectivity index (χ1) is 15.1. The highest BCUT2D eigenvalue weighted by molar-refractivity contribution is 5.90. The zero-order valence-corrected chi connectivity index (χ0v) is 18.0. The summed E-state index contributed by atoms with van der Waals surface area (Å²) in [6, 6.07) is 12.2. The van der Waals surface area contributed by atoms with E-state index < -0.39 is 5.91 Å². The average molecular weight is 427 g/mol. The number of aliphatic hydroxyl groups excluding tert-OH is 1. The molecule has 0 aromatic heterocycles. The summed E-state index contributed by atoms with van der Waals surface area (Å²) >= 11 is 0. The van der Waals surface area contributed by atoms with E-state index in [4.69, 9.17) is 14.7 Å². The number of carbonyl (C=O) groups is 1. The second kappa shape index (κ2) is 10.9. The van der Waals surface area contributed by atoms with Gasteiger partial charge in [-0.05, 0) is 65.8 Å². The summed E-state index contributed by atoms with van der Waals surface area (Å²) in [5.41, 5.74) is 6.09. The average Bonchev–Trinajstić information content (AvgIpc) is 3.23. The Balaban J connectivity index is 1.75. The number of hydrogen-bond donors (Lipinski definition) is 3. The highest BCUT2D eigenvalue weighted by Gasteiger charge is 2.27. The lowest BCUT2D eigenvalue weighted by atomic mass is 10.0. The van der Waals surface area contributed by atoms with E-state index >= 15 is 0 Å². The van der Waals surface area contributed by atoms with Crippen molar-refractivity contribution in [3.05, 3.63) is 64.7 Å². The molecule has 7 heteroatoms. The van der Waals surface area contributed by atoms with Crippen molar-refractivity contribution in [3.8, 4) is 11.5 Å². The summed E-state index contributed by atoms with van der Waals surface area (Å²) in [4.78, 5) is 13.5. The van der Waals surface area contributed by atoms with E-state index in [9.17, 15) is 9.90 Å². The minimum absolute atomic E-state index is 0.0954. The number of methoxy groups -OCH3 is 2. The molecule has 7 nitrogen and oxygen atoms in total. The summed E-state index contributed by atoms with van der Waals surface area (Å²) in [5.74, 6) is 1.08. The number of hydrogen-bond acceptors (Lipinski definition) is 6. The molecule has 1 atom stereocenters. The van der Waals surface area contributed by atoms with Gasteiger partial charge in [0.15, 0.2) is 0 Å². The van der Waals surface area contributed by atoms with Gasteiger partial charge in [0.1, 0.15) is 11.5 Å². The van der Waals surface area contributed by atoms with Crippen LogP contribution in [-0.4, -0.2) is 55.0 Å². The largest absolute Gasteiger partial charge is 0.497 e. The van der Waals surface area contributed by atoms with Crippen molar-refractivity contribution in [1.29, 1.82) is 0 Å². The van der Waals surface area contributed by atoms with Crippen molar-refractivity contribution in [1.82, 2.24) is 10.4 Å². The van der Waals surface area contributed by atoms with E-state index in [-0.39, 0.29) is 12.6 Å². The fourth-order valence-electron chi connectivity index (χ4n) is 4.20. The van der Waals surface area contributed by atoms with E-state index in [1.165, 1.54) is 17.2 Å². The maximum Gasteiger partial charge on any atom is 0.267 e. The van der Waals surface area contributed by atoms with Crippen LogP contribution in [0.3, 0.4) is 0 Å². The number of aryl methyl sites for hydroxylation is 1. The van der Waals surface area contributed by atoms with E-state index in [0.29, 0.717) is 6.54 Å². The molecule has 3 rings (SSSR count). The second-order valence-electron chi connectivity index (χ2n) is 7.51. The number of rotatable bonds is 10. The highest BCUT2D eigenvalue weighted by Crippen LogP contribution is 2.37. The predicted molar refractivity (Wildman–Crippen MR) is 118 cm³/mol. The van der Waals surface area contributed by atoms with Crippen molar-refractivity contribution in [2.24, 2.45) is 0 Å². The molecular formula is C24H30N2O5. The standard InChI is InChI=1S/C24H30N2O5/c1-30-20-6-9-23(31-2)19(16-20)11-12-26(13-14-27)22-8-5-18-15-17(3-7-21(18)22)4-10-24(28)25-29/h3-4,6-7,9-10,15-16,22,27,29H,5,8,11-14H2,1-2H3,(H,25,28). The molecule has 0 aliphatic heterocycles. The SMILES string of the molecule is COc1ccc(OC)c(CCN(CCO)C2CCc3cc(C=CC(=O)NO)ccc32)c1. The van der Waals surface area contributed by atoms with Crippen LogP contribution in [-0.2, 0) is 17.6 Å². The lowest BCUT2D eigenvalue weighted by Gasteiger charge is -2.29. The molecule has 0 saturated heterocycles. The number of amides is 1. The Labute approximate surface area is 182 Å². The first-order valence-corrected chi connectivity index (χ1v) is 10.4. The lowest BCUT2D eigenvalue weighted by molar-refractivity contribution is -0.124. The van der Waals surface area contributed by atoms with Crippen LogP contribution in [0.5, 0.6) is 11.5 Å². The number of hydroxylamine groups is 1. The molecule has 0 heterocycles. The molecule has 31 heavy (non-hydrogen) atoms. The van der Waals surface area contributed by atoms with Crippen LogP contribution in [0.4, 0.5) is 0 Å². The van der Waals surface area contributed by atoms with Crippen molar-refractivity contribution < 1.29 is 24.6 Å². The molecule has 2 aromatic carbocycles. The maximum atomic E-state index is 11.2. The molecule has 0 bridgehead atoms. The quantitative estimate of drug-likeness (QED) is 0.307. The molecule has 3 N–H and O–H groups in total. The second-order valence-corrected chi connectivity index (χ2v) is 7.51. The molecule has 1 aliphatic carbocycles. The van der Waals surface area contributed by atoms with E-state index in [0.717, 1.165) is 48.4 Å². The first-order valence-electron chi connectivity index (χ1n) is 10.4. The topological polar surface area (TPSA) is 91.3 Å². The molecule has 0 fully saturated rings. The minimum Gasteiger partial charge on any atom is -0.497 e. The fraction of sp³-hybridized carbons (Fsp3) is 0.375. The van der Waals surface area contributed by atoms with Crippen LogP contribution in [0.1, 0.15) is 34.7 Å². The van der Waals surface area contributed by atoms with Gasteiger partial charge in [-0.3, -0.25) is 14.9 Å². The van der Waals surface area contributed by atoms with Gasteiger partial charge in [-0.25, -0.2) is 5.48 Å². The van der Waals surface area contributed by atoms with Gasteiger partial charge in [0.2, 0.25) is 0 Å². The molecule has 0 saturated carbocycles. The van der Waals surface area contributed by atoms with Gasteiger partial charge in [0.05, 0.1) is 20.8 Å². The number of fused-ring (bicyclic) bond motifs is 1. The Hall–Kier alpha value is -2.87. The zero-order chi connectivity index (χ0) is 22.2. The highest BCUT2D eigenvalue weighted by atomic mass is 16.5. The van der Waals surface area contributed by atoms with Crippen LogP contribution >= 0.6 is 0 Å². The zero-order valence-electron chi connectivity index (χ0n) is 18.0. The number of ether oxygens (including phenoxy) is 2. The summed E-state index contributed by atoms with van der Waals surface area (Å²) in [5, 5.41) is 18.3. The normalized spacial score (nSPS) is 15.3. The van der Waals surface area contributed by atoms with Crippen LogP contribution < -0.4 is 15.0 Å². The third kappa shape index (κ3) is 5.64. The Morgan fingerprint density at radius 2 is 2.03 bits per heavy atom. The molecule has 166 valence electrons. The fourth-order valence-corrected chi connectivity index (χ4v) is 4.20. The van der Waals surface area contributed by atoms with Gasteiger partial charge in [-0.1, -0.05) is 18.2 Å². The smallest absolute Gasteiger partial charge is 0.267 e. The van der Waals surface area contributed by atoms with Crippen LogP contribution in [0.2, 0.25) is 0 Å². The van der Waals surface area contributed by atoms with Crippen molar-refractivity contribution in [2.45, 2.75) is 25.3 Å². The number of nitrogens with zero attached hydrogens (tertiary/aromatic N) is 1. The predicted octanol–water partition coefficient (Wildman–Crippen LogP) is 2.75. The monoisotopic (exact) mass is 426 g/mol. The number of aliphatic hydroxyl groups is 1. The molecule has 2 aromatic rings. The van der Waals surface area contributed by atoms with E-state index in [1.54, 1.807) is 25.8 Å². The molecule has 1 unspecified atom stereocenters. The Kier molecular flexibility index (Phi) is 8.06. The van der Waals surface area contributed by atoms with Gasteiger partial charge in [-0.2, -0.15) is 0 Å². The van der Waals surface area contributed by atoms with Crippen molar-refractivity contribution in [3.63, 3.8) is 0 Å². The van der Waals surface area contributed by atoms with Gasteiger partial charge in [0.25, 0.3) is 5.91 Å². The van der Waals surface area contributed by atoms with Crippen LogP contribution in [0, 0.1) is 0 Å². The summed E-state index contributed by atoms with van der Waals surface area (Å²) in [6.45, 7) is 1.47. The van der Waals surface area contributed by atoms with Gasteiger partial charge in [-0.15, -0.1) is 0 Å². The van der Waals surface area contributed by atoms with Crippen molar-refractivity contribution >= 4 is 12.0 Å². The van der Waals surface area contributed by atoms with E-state index in [2.05, 4.69) is 17.0 Å². The first kappa shape index (κ1) is 22.8. The third-order valence-corrected chi connectivity index (χ3v) is 5.73. The molecule has 0 spiro atoms. The van der Waals surface area contributed by atoms with Crippen molar-refractivity contribution in [2.75, 3.05) is 33.9 Å². The molecular weight excluding hydrogens is 396 g/mol. The van der Waals surface area contributed by atoms with Gasteiger partial charge < -0.3 is 14.6 Å². The Morgan fingerprint density at radius 3 is 2.74 bits per heavy atom. The number of carbonyl (C=O) groups excluding carboxylic acids is 1. The number of nitrogens with one attached hydrogen (secondary N) is 1. The van der Waals surface area contributed by atoms with E-state index in [1.807, 2.05) is 24.3 Å². The summed E-state index contributed by atoms with van der Waals surface area (Å²) in [6.07, 6.45) is 5.68. The Bertz CT molecular complexity index is 928. The van der Waals surface area contributed by atoms with Gasteiger partial charge >= 0.3 is 0 Å². The molecule has 1 aliphatic rings. The van der Waals surface area contributed by atoms with Crippen LogP contribution in [0.15, 0.2) is 42.5 Å². The number of benzene rings is 2. The maximum absolute atomic E-state index is 11.2. The minimum atomic E-state index is -0.555. The Morgan fingerprint density at radius 1 is 1.19 bits per heavy atom. The lowest BCUT2D eigenvalue weighted by Crippen LogP contribution is -2.32. The summed E-state index contributed by atoms with van der Waals surface area (Å²) in [7, 11) is 3.32. The summed E-state index contributed by atoms with van der Waals surface area (Å²) < 4.78 is 10.9. The van der Waals surface area contributed by atoms with Crippen LogP contribution in [0.25, 0.3) is 6.08 Å². The third-order valence-electron chi connectivity index (χ3n) is 5.73. The molecule has 0 radical (unpaired) electrons.